The van der Waals surface area contributed by atoms with Crippen molar-refractivity contribution in [2.45, 2.75) is 32.7 Å². The van der Waals surface area contributed by atoms with Crippen molar-refractivity contribution in [1.82, 2.24) is 10.3 Å². The highest BCUT2D eigenvalue weighted by molar-refractivity contribution is 5.53. The number of nitrogens with one attached hydrogen (secondary N) is 1. The van der Waals surface area contributed by atoms with E-state index in [9.17, 15) is 0 Å². The van der Waals surface area contributed by atoms with Crippen molar-refractivity contribution < 1.29 is 4.74 Å². The van der Waals surface area contributed by atoms with E-state index in [4.69, 9.17) is 4.74 Å². The van der Waals surface area contributed by atoms with Crippen molar-refractivity contribution in [1.29, 1.82) is 0 Å². The molecule has 4 nitrogen and oxygen atoms in total. The molecule has 0 aliphatic carbocycles. The highest BCUT2D eigenvalue weighted by Crippen LogP contribution is 2.28. The second-order valence-corrected chi connectivity index (χ2v) is 4.68. The molecule has 1 N–H and O–H groups in total. The van der Waals surface area contributed by atoms with Gasteiger partial charge in [-0.1, -0.05) is 13.8 Å². The van der Waals surface area contributed by atoms with Gasteiger partial charge in [-0.25, -0.2) is 4.98 Å². The summed E-state index contributed by atoms with van der Waals surface area (Å²) in [6, 6.07) is 4.52. The van der Waals surface area contributed by atoms with Crippen LogP contribution in [0.15, 0.2) is 18.3 Å². The Kier molecular flexibility index (Phi) is 4.81. The molecule has 0 bridgehead atoms. The molecule has 0 atom stereocenters. The molecule has 1 aliphatic heterocycles. The molecule has 0 radical (unpaired) electrons. The second-order valence-electron chi connectivity index (χ2n) is 4.68. The predicted molar refractivity (Wildman–Crippen MR) is 74.3 cm³/mol. The molecule has 18 heavy (non-hydrogen) atoms. The quantitative estimate of drug-likeness (QED) is 0.802. The fourth-order valence-corrected chi connectivity index (χ4v) is 2.12. The van der Waals surface area contributed by atoms with Crippen LogP contribution in [0.5, 0.6) is 5.75 Å². The van der Waals surface area contributed by atoms with E-state index in [1.54, 1.807) is 0 Å². The molecule has 1 saturated heterocycles. The number of hydrogen-bond acceptors (Lipinski definition) is 4. The van der Waals surface area contributed by atoms with Gasteiger partial charge in [-0.2, -0.15) is 0 Å². The SMILES string of the molecule is CCCOc1cccnc1N(CCC)C1CNC1. The summed E-state index contributed by atoms with van der Waals surface area (Å²) < 4.78 is 5.81. The van der Waals surface area contributed by atoms with E-state index < -0.39 is 0 Å². The molecule has 0 amide bonds. The Labute approximate surface area is 109 Å². The lowest BCUT2D eigenvalue weighted by Gasteiger charge is -2.39. The summed E-state index contributed by atoms with van der Waals surface area (Å²) in [5.41, 5.74) is 0. The number of ether oxygens (including phenoxy) is 1. The minimum atomic E-state index is 0.559. The Bertz CT molecular complexity index is 366. The van der Waals surface area contributed by atoms with Gasteiger partial charge in [0.25, 0.3) is 0 Å². The fourth-order valence-electron chi connectivity index (χ4n) is 2.12. The number of rotatable bonds is 7. The van der Waals surface area contributed by atoms with Crippen molar-refractivity contribution in [3.8, 4) is 5.75 Å². The van der Waals surface area contributed by atoms with Crippen LogP contribution < -0.4 is 15.0 Å². The topological polar surface area (TPSA) is 37.4 Å². The maximum Gasteiger partial charge on any atom is 0.171 e. The summed E-state index contributed by atoms with van der Waals surface area (Å²) in [7, 11) is 0. The van der Waals surface area contributed by atoms with E-state index in [0.717, 1.165) is 50.7 Å². The standard InChI is InChI=1S/C14H23N3O/c1-3-8-17(12-10-15-11-12)14-13(18-9-4-2)6-5-7-16-14/h5-7,12,15H,3-4,8-11H2,1-2H3. The zero-order valence-electron chi connectivity index (χ0n) is 11.4. The number of aromatic nitrogens is 1. The van der Waals surface area contributed by atoms with Crippen molar-refractivity contribution in [3.05, 3.63) is 18.3 Å². The summed E-state index contributed by atoms with van der Waals surface area (Å²) in [6.45, 7) is 8.20. The molecule has 1 aliphatic rings. The Morgan fingerprint density at radius 2 is 2.22 bits per heavy atom. The van der Waals surface area contributed by atoms with Crippen LogP contribution in [0.1, 0.15) is 26.7 Å². The van der Waals surface area contributed by atoms with E-state index in [2.05, 4.69) is 29.0 Å². The molecular weight excluding hydrogens is 226 g/mol. The second kappa shape index (κ2) is 6.59. The lowest BCUT2D eigenvalue weighted by molar-refractivity contribution is 0.313. The van der Waals surface area contributed by atoms with Gasteiger partial charge in [0.15, 0.2) is 11.6 Å². The smallest absolute Gasteiger partial charge is 0.171 e. The lowest BCUT2D eigenvalue weighted by atomic mass is 10.1. The van der Waals surface area contributed by atoms with Gasteiger partial charge in [0.2, 0.25) is 0 Å². The molecule has 100 valence electrons. The normalized spacial score (nSPS) is 15.2. The van der Waals surface area contributed by atoms with Crippen LogP contribution in [-0.2, 0) is 0 Å². The van der Waals surface area contributed by atoms with Crippen LogP contribution in [0, 0.1) is 0 Å². The molecule has 2 rings (SSSR count). The van der Waals surface area contributed by atoms with Gasteiger partial charge in [0.05, 0.1) is 12.6 Å². The van der Waals surface area contributed by atoms with E-state index >= 15 is 0 Å². The Hall–Kier alpha value is -1.29. The van der Waals surface area contributed by atoms with E-state index in [-0.39, 0.29) is 0 Å². The molecule has 0 spiro atoms. The minimum absolute atomic E-state index is 0.559. The monoisotopic (exact) mass is 249 g/mol. The number of pyridine rings is 1. The summed E-state index contributed by atoms with van der Waals surface area (Å²) in [5, 5.41) is 3.32. The van der Waals surface area contributed by atoms with Gasteiger partial charge in [-0.3, -0.25) is 0 Å². The largest absolute Gasteiger partial charge is 0.490 e. The van der Waals surface area contributed by atoms with Crippen LogP contribution in [0.25, 0.3) is 0 Å². The molecule has 0 aromatic carbocycles. The zero-order chi connectivity index (χ0) is 12.8. The molecule has 0 unspecified atom stereocenters. The molecule has 1 aromatic heterocycles. The predicted octanol–water partition coefficient (Wildman–Crippen LogP) is 2.06. The molecule has 1 aromatic rings. The average molecular weight is 249 g/mol. The molecule has 2 heterocycles. The first-order valence-corrected chi connectivity index (χ1v) is 6.92. The van der Waals surface area contributed by atoms with Crippen molar-refractivity contribution >= 4 is 5.82 Å². The number of hydrogen-bond donors (Lipinski definition) is 1. The third-order valence-corrected chi connectivity index (χ3v) is 3.15. The van der Waals surface area contributed by atoms with Crippen molar-refractivity contribution in [2.75, 3.05) is 31.1 Å². The summed E-state index contributed by atoms with van der Waals surface area (Å²) in [6.07, 6.45) is 4.00. The summed E-state index contributed by atoms with van der Waals surface area (Å²) in [4.78, 5) is 6.90. The van der Waals surface area contributed by atoms with E-state index in [1.165, 1.54) is 0 Å². The summed E-state index contributed by atoms with van der Waals surface area (Å²) >= 11 is 0. The third kappa shape index (κ3) is 2.93. The first-order valence-electron chi connectivity index (χ1n) is 6.92. The Morgan fingerprint density at radius 1 is 1.39 bits per heavy atom. The third-order valence-electron chi connectivity index (χ3n) is 3.15. The Morgan fingerprint density at radius 3 is 2.83 bits per heavy atom. The maximum absolute atomic E-state index is 5.81. The lowest BCUT2D eigenvalue weighted by Crippen LogP contribution is -2.57. The Balaban J connectivity index is 2.16. The summed E-state index contributed by atoms with van der Waals surface area (Å²) in [5.74, 6) is 1.92. The van der Waals surface area contributed by atoms with Gasteiger partial charge >= 0.3 is 0 Å². The first-order chi connectivity index (χ1) is 8.86. The molecule has 1 fully saturated rings. The molecular formula is C14H23N3O. The minimum Gasteiger partial charge on any atom is -0.490 e. The van der Waals surface area contributed by atoms with Crippen LogP contribution in [0.3, 0.4) is 0 Å². The van der Waals surface area contributed by atoms with Gasteiger partial charge in [0.1, 0.15) is 0 Å². The highest BCUT2D eigenvalue weighted by Gasteiger charge is 2.26. The van der Waals surface area contributed by atoms with E-state index in [0.29, 0.717) is 6.04 Å². The number of nitrogens with zero attached hydrogens (tertiary/aromatic N) is 2. The van der Waals surface area contributed by atoms with E-state index in [1.807, 2.05) is 18.3 Å². The van der Waals surface area contributed by atoms with Gasteiger partial charge in [-0.05, 0) is 25.0 Å². The maximum atomic E-state index is 5.81. The van der Waals surface area contributed by atoms with Crippen LogP contribution in [-0.4, -0.2) is 37.3 Å². The van der Waals surface area contributed by atoms with Gasteiger partial charge in [-0.15, -0.1) is 0 Å². The average Bonchev–Trinajstić information content (AvgIpc) is 2.34. The zero-order valence-corrected chi connectivity index (χ0v) is 11.4. The van der Waals surface area contributed by atoms with Gasteiger partial charge in [0, 0.05) is 25.8 Å². The number of anilines is 1. The van der Waals surface area contributed by atoms with Crippen molar-refractivity contribution in [2.24, 2.45) is 0 Å². The highest BCUT2D eigenvalue weighted by atomic mass is 16.5. The molecule has 4 heteroatoms. The van der Waals surface area contributed by atoms with Crippen LogP contribution in [0.4, 0.5) is 5.82 Å². The van der Waals surface area contributed by atoms with Crippen molar-refractivity contribution in [3.63, 3.8) is 0 Å². The van der Waals surface area contributed by atoms with Crippen LogP contribution in [0.2, 0.25) is 0 Å². The first kappa shape index (κ1) is 13.1. The van der Waals surface area contributed by atoms with Gasteiger partial charge < -0.3 is 15.0 Å². The molecule has 0 saturated carbocycles. The fraction of sp³-hybridized carbons (Fsp3) is 0.643. The van der Waals surface area contributed by atoms with Crippen LogP contribution >= 0.6 is 0 Å².